The lowest BCUT2D eigenvalue weighted by molar-refractivity contribution is 0.685. The van der Waals surface area contributed by atoms with E-state index in [1.54, 1.807) is 0 Å². The minimum Gasteiger partial charge on any atom is -0.323 e. The summed E-state index contributed by atoms with van der Waals surface area (Å²) < 4.78 is 0. The van der Waals surface area contributed by atoms with Crippen LogP contribution in [0.25, 0.3) is 0 Å². The van der Waals surface area contributed by atoms with Crippen LogP contribution in [0.2, 0.25) is 0 Å². The Hall–Kier alpha value is -1.87. The molecule has 108 valence electrons. The first-order chi connectivity index (χ1) is 10.3. The number of hydrogen-bond donors (Lipinski definition) is 1. The zero-order chi connectivity index (χ0) is 14.2. The molecule has 0 radical (unpaired) electrons. The number of rotatable bonds is 4. The van der Waals surface area contributed by atoms with Gasteiger partial charge in [-0.2, -0.15) is 0 Å². The highest BCUT2D eigenvalue weighted by atomic mass is 15.2. The van der Waals surface area contributed by atoms with Crippen molar-refractivity contribution in [3.05, 3.63) is 53.7 Å². The molecule has 1 aliphatic heterocycles. The topological polar surface area (TPSA) is 28.2 Å². The number of benzene rings is 1. The fourth-order valence-electron chi connectivity index (χ4n) is 3.13. The van der Waals surface area contributed by atoms with E-state index in [0.717, 1.165) is 24.8 Å². The average Bonchev–Trinajstić information content (AvgIpc) is 3.27. The Labute approximate surface area is 126 Å². The molecule has 1 N–H and O–H groups in total. The predicted molar refractivity (Wildman–Crippen MR) is 85.8 cm³/mol. The third kappa shape index (κ3) is 2.54. The molecular formula is C18H21N3. The first-order valence-electron chi connectivity index (χ1n) is 7.87. The second kappa shape index (κ2) is 5.15. The molecule has 1 aromatic heterocycles. The summed E-state index contributed by atoms with van der Waals surface area (Å²) in [6, 6.07) is 14.2. The fraction of sp³-hybridized carbons (Fsp3) is 0.389. The zero-order valence-corrected chi connectivity index (χ0v) is 12.4. The van der Waals surface area contributed by atoms with Crippen molar-refractivity contribution in [1.29, 1.82) is 0 Å². The van der Waals surface area contributed by atoms with Crippen molar-refractivity contribution in [2.45, 2.75) is 44.8 Å². The van der Waals surface area contributed by atoms with Gasteiger partial charge in [0, 0.05) is 30.5 Å². The molecular weight excluding hydrogens is 258 g/mol. The summed E-state index contributed by atoms with van der Waals surface area (Å²) >= 11 is 0. The molecule has 1 saturated carbocycles. The first-order valence-corrected chi connectivity index (χ1v) is 7.87. The maximum Gasteiger partial charge on any atom is 0.133 e. The van der Waals surface area contributed by atoms with Crippen LogP contribution < -0.4 is 10.2 Å². The van der Waals surface area contributed by atoms with Crippen molar-refractivity contribution < 1.29 is 0 Å². The van der Waals surface area contributed by atoms with Crippen LogP contribution in [0.15, 0.2) is 42.6 Å². The van der Waals surface area contributed by atoms with Crippen molar-refractivity contribution in [3.63, 3.8) is 0 Å². The fourth-order valence-corrected chi connectivity index (χ4v) is 3.13. The Morgan fingerprint density at radius 1 is 1.19 bits per heavy atom. The molecule has 4 rings (SSSR count). The number of nitrogens with zero attached hydrogens (tertiary/aromatic N) is 2. The summed E-state index contributed by atoms with van der Waals surface area (Å²) in [6.45, 7) is 3.20. The number of nitrogens with one attached hydrogen (secondary N) is 1. The summed E-state index contributed by atoms with van der Waals surface area (Å²) in [6.07, 6.45) is 5.77. The van der Waals surface area contributed by atoms with Crippen molar-refractivity contribution in [1.82, 2.24) is 10.3 Å². The highest BCUT2D eigenvalue weighted by Gasteiger charge is 2.27. The normalized spacial score (nSPS) is 20.6. The van der Waals surface area contributed by atoms with Crippen LogP contribution in [0.4, 0.5) is 11.5 Å². The Balaban J connectivity index is 1.55. The number of pyridine rings is 1. The molecule has 2 heterocycles. The van der Waals surface area contributed by atoms with Gasteiger partial charge in [-0.15, -0.1) is 0 Å². The third-order valence-electron chi connectivity index (χ3n) is 4.44. The van der Waals surface area contributed by atoms with Gasteiger partial charge in [0.2, 0.25) is 0 Å². The Morgan fingerprint density at radius 2 is 2.05 bits per heavy atom. The van der Waals surface area contributed by atoms with Gasteiger partial charge >= 0.3 is 0 Å². The van der Waals surface area contributed by atoms with E-state index in [2.05, 4.69) is 53.5 Å². The van der Waals surface area contributed by atoms with Gasteiger partial charge in [0.25, 0.3) is 0 Å². The maximum absolute atomic E-state index is 4.69. The number of aromatic nitrogens is 1. The second-order valence-electron chi connectivity index (χ2n) is 6.23. The van der Waals surface area contributed by atoms with Crippen LogP contribution in [-0.2, 0) is 13.0 Å². The number of fused-ring (bicyclic) bond motifs is 1. The van der Waals surface area contributed by atoms with Gasteiger partial charge in [0.1, 0.15) is 5.82 Å². The van der Waals surface area contributed by atoms with Crippen LogP contribution in [0.5, 0.6) is 0 Å². The van der Waals surface area contributed by atoms with Crippen LogP contribution in [0, 0.1) is 0 Å². The van der Waals surface area contributed by atoms with Gasteiger partial charge in [-0.05, 0) is 49.4 Å². The molecule has 0 bridgehead atoms. The predicted octanol–water partition coefficient (Wildman–Crippen LogP) is 3.42. The van der Waals surface area contributed by atoms with Gasteiger partial charge in [-0.1, -0.05) is 24.3 Å². The van der Waals surface area contributed by atoms with Gasteiger partial charge in [-0.25, -0.2) is 4.98 Å². The minimum absolute atomic E-state index is 0.477. The molecule has 3 heteroatoms. The Bertz CT molecular complexity index is 631. The average molecular weight is 279 g/mol. The number of para-hydroxylation sites is 1. The first kappa shape index (κ1) is 12.8. The van der Waals surface area contributed by atoms with Crippen LogP contribution in [0.3, 0.4) is 0 Å². The standard InChI is InChI=1S/C18H21N3/c1-13-10-15-4-2-3-5-17(15)21(13)18-9-6-14(12-20-18)11-19-16-7-8-16/h2-6,9,12-13,16,19H,7-8,10-11H2,1H3. The maximum atomic E-state index is 4.69. The molecule has 1 aliphatic carbocycles. The molecule has 1 unspecified atom stereocenters. The van der Waals surface area contributed by atoms with Crippen molar-refractivity contribution in [3.8, 4) is 0 Å². The Kier molecular flexibility index (Phi) is 3.15. The van der Waals surface area contributed by atoms with Crippen molar-refractivity contribution in [2.24, 2.45) is 0 Å². The van der Waals surface area contributed by atoms with Crippen molar-refractivity contribution >= 4 is 11.5 Å². The van der Waals surface area contributed by atoms with Gasteiger partial charge in [0.05, 0.1) is 0 Å². The monoisotopic (exact) mass is 279 g/mol. The van der Waals surface area contributed by atoms with Gasteiger partial charge < -0.3 is 10.2 Å². The quantitative estimate of drug-likeness (QED) is 0.929. The summed E-state index contributed by atoms with van der Waals surface area (Å²) in [5, 5.41) is 3.53. The van der Waals surface area contributed by atoms with Crippen LogP contribution in [-0.4, -0.2) is 17.1 Å². The molecule has 2 aliphatic rings. The lowest BCUT2D eigenvalue weighted by Gasteiger charge is -2.24. The highest BCUT2D eigenvalue weighted by molar-refractivity contribution is 5.68. The molecule has 3 nitrogen and oxygen atoms in total. The highest BCUT2D eigenvalue weighted by Crippen LogP contribution is 2.36. The van der Waals surface area contributed by atoms with Crippen LogP contribution >= 0.6 is 0 Å². The second-order valence-corrected chi connectivity index (χ2v) is 6.23. The van der Waals surface area contributed by atoms with Crippen molar-refractivity contribution in [2.75, 3.05) is 4.90 Å². The van der Waals surface area contributed by atoms with E-state index in [9.17, 15) is 0 Å². The summed E-state index contributed by atoms with van der Waals surface area (Å²) in [5.74, 6) is 1.06. The van der Waals surface area contributed by atoms with E-state index in [1.807, 2.05) is 6.20 Å². The van der Waals surface area contributed by atoms with Gasteiger partial charge in [0.15, 0.2) is 0 Å². The lowest BCUT2D eigenvalue weighted by Crippen LogP contribution is -2.24. The number of hydrogen-bond acceptors (Lipinski definition) is 3. The molecule has 2 aromatic rings. The van der Waals surface area contributed by atoms with E-state index < -0.39 is 0 Å². The molecule has 21 heavy (non-hydrogen) atoms. The van der Waals surface area contributed by atoms with E-state index in [0.29, 0.717) is 6.04 Å². The largest absolute Gasteiger partial charge is 0.323 e. The lowest BCUT2D eigenvalue weighted by atomic mass is 10.1. The molecule has 0 amide bonds. The summed E-state index contributed by atoms with van der Waals surface area (Å²) in [4.78, 5) is 7.05. The summed E-state index contributed by atoms with van der Waals surface area (Å²) in [7, 11) is 0. The zero-order valence-electron chi connectivity index (χ0n) is 12.4. The third-order valence-corrected chi connectivity index (χ3v) is 4.44. The van der Waals surface area contributed by atoms with E-state index in [4.69, 9.17) is 4.98 Å². The van der Waals surface area contributed by atoms with Crippen LogP contribution in [0.1, 0.15) is 30.9 Å². The molecule has 0 saturated heterocycles. The molecule has 1 fully saturated rings. The SMILES string of the molecule is CC1Cc2ccccc2N1c1ccc(CNC2CC2)cn1. The molecule has 1 atom stereocenters. The Morgan fingerprint density at radius 3 is 2.81 bits per heavy atom. The summed E-state index contributed by atoms with van der Waals surface area (Å²) in [5.41, 5.74) is 4.00. The smallest absolute Gasteiger partial charge is 0.133 e. The van der Waals surface area contributed by atoms with E-state index in [1.165, 1.54) is 29.7 Å². The minimum atomic E-state index is 0.477. The number of anilines is 2. The van der Waals surface area contributed by atoms with E-state index in [-0.39, 0.29) is 0 Å². The molecule has 0 spiro atoms. The molecule has 1 aromatic carbocycles. The van der Waals surface area contributed by atoms with E-state index >= 15 is 0 Å². The van der Waals surface area contributed by atoms with Gasteiger partial charge in [-0.3, -0.25) is 0 Å².